The van der Waals surface area contributed by atoms with Gasteiger partial charge in [0.15, 0.2) is 17.4 Å². The summed E-state index contributed by atoms with van der Waals surface area (Å²) < 4.78 is 5.57. The summed E-state index contributed by atoms with van der Waals surface area (Å²) in [4.78, 5) is 35.3. The van der Waals surface area contributed by atoms with E-state index >= 15 is 0 Å². The van der Waals surface area contributed by atoms with E-state index in [0.29, 0.717) is 28.7 Å². The number of Topliss-reactive ketones (excluding diaryl/α,β-unsaturated/α-hetero) is 2. The van der Waals surface area contributed by atoms with Crippen LogP contribution in [0.3, 0.4) is 0 Å². The second-order valence-electron chi connectivity index (χ2n) is 6.22. The number of carbonyl (C=O) groups is 2. The Morgan fingerprint density at radius 1 is 1.23 bits per heavy atom. The van der Waals surface area contributed by atoms with Crippen molar-refractivity contribution in [3.63, 3.8) is 0 Å². The van der Waals surface area contributed by atoms with E-state index in [1.54, 1.807) is 18.2 Å². The van der Waals surface area contributed by atoms with E-state index < -0.39 is 0 Å². The quantitative estimate of drug-likeness (QED) is 0.778. The molecule has 2 aromatic rings. The number of rotatable bonds is 5. The molecule has 1 aromatic heterocycles. The molecule has 0 atom stereocenters. The van der Waals surface area contributed by atoms with E-state index in [1.165, 1.54) is 0 Å². The number of halogens is 2. The van der Waals surface area contributed by atoms with Gasteiger partial charge in [0.25, 0.3) is 0 Å². The monoisotopic (exact) mass is 393 g/mol. The Labute approximate surface area is 160 Å². The van der Waals surface area contributed by atoms with Crippen LogP contribution >= 0.6 is 23.2 Å². The van der Waals surface area contributed by atoms with Gasteiger partial charge in [0.1, 0.15) is 0 Å². The predicted octanol–water partition coefficient (Wildman–Crippen LogP) is 3.34. The lowest BCUT2D eigenvalue weighted by atomic mass is 9.97. The highest BCUT2D eigenvalue weighted by Crippen LogP contribution is 2.28. The first kappa shape index (κ1) is 18.8. The van der Waals surface area contributed by atoms with E-state index in [1.807, 2.05) is 19.0 Å². The maximum atomic E-state index is 12.6. The van der Waals surface area contributed by atoms with Crippen LogP contribution in [0.2, 0.25) is 10.0 Å². The lowest BCUT2D eigenvalue weighted by Crippen LogP contribution is -2.27. The van der Waals surface area contributed by atoms with E-state index in [0.717, 1.165) is 0 Å². The number of carbonyl (C=O) groups excluding carboxylic acids is 2. The van der Waals surface area contributed by atoms with Crippen LogP contribution < -0.4 is 0 Å². The van der Waals surface area contributed by atoms with Crippen molar-refractivity contribution in [1.29, 1.82) is 0 Å². The van der Waals surface area contributed by atoms with Gasteiger partial charge in [0.2, 0.25) is 11.5 Å². The normalized spacial score (nSPS) is 15.8. The van der Waals surface area contributed by atoms with E-state index in [-0.39, 0.29) is 47.5 Å². The summed E-state index contributed by atoms with van der Waals surface area (Å²) in [5.41, 5.74) is 0.900. The Morgan fingerprint density at radius 3 is 2.58 bits per heavy atom. The minimum atomic E-state index is -0.387. The second kappa shape index (κ2) is 7.70. The Kier molecular flexibility index (Phi) is 5.55. The molecule has 1 heterocycles. The van der Waals surface area contributed by atoms with Crippen LogP contribution in [0, 0.1) is 0 Å². The highest BCUT2D eigenvalue weighted by Gasteiger charge is 2.35. The number of nitrogens with zero attached hydrogens (tertiary/aromatic N) is 3. The Hall–Kier alpha value is -2.02. The molecule has 0 spiro atoms. The van der Waals surface area contributed by atoms with Crippen molar-refractivity contribution in [2.75, 3.05) is 27.2 Å². The van der Waals surface area contributed by atoms with Crippen LogP contribution in [0.15, 0.2) is 27.6 Å². The molecule has 0 bridgehead atoms. The average molecular weight is 394 g/mol. The standard InChI is InChI=1S/C18H17Cl2N3O3/c1-23(2)7-6-21-13-9-14(24)16-18(17(13)25)26-15(22-16)8-10-11(19)4-3-5-12(10)20/h3-5H,6-9H2,1-2H3. The zero-order valence-electron chi connectivity index (χ0n) is 14.4. The molecule has 0 aliphatic heterocycles. The van der Waals surface area contributed by atoms with Gasteiger partial charge in [-0.05, 0) is 31.8 Å². The molecule has 0 radical (unpaired) electrons. The van der Waals surface area contributed by atoms with E-state index in [9.17, 15) is 9.59 Å². The van der Waals surface area contributed by atoms with Gasteiger partial charge < -0.3 is 9.32 Å². The first-order chi connectivity index (χ1) is 12.4. The molecule has 1 aliphatic rings. The van der Waals surface area contributed by atoms with Crippen LogP contribution in [0.25, 0.3) is 0 Å². The molecule has 0 amide bonds. The lowest BCUT2D eigenvalue weighted by Gasteiger charge is -2.11. The molecule has 26 heavy (non-hydrogen) atoms. The first-order valence-corrected chi connectivity index (χ1v) is 8.81. The third kappa shape index (κ3) is 3.87. The minimum Gasteiger partial charge on any atom is -0.436 e. The predicted molar refractivity (Wildman–Crippen MR) is 99.9 cm³/mol. The van der Waals surface area contributed by atoms with Gasteiger partial charge in [-0.1, -0.05) is 29.3 Å². The summed E-state index contributed by atoms with van der Waals surface area (Å²) in [5, 5.41) is 0.939. The smallest absolute Gasteiger partial charge is 0.244 e. The number of fused-ring (bicyclic) bond motifs is 1. The van der Waals surface area contributed by atoms with Crippen molar-refractivity contribution in [1.82, 2.24) is 9.88 Å². The molecule has 136 valence electrons. The molecular formula is C18H17Cl2N3O3. The molecule has 1 aliphatic carbocycles. The fourth-order valence-corrected chi connectivity index (χ4v) is 3.13. The Balaban J connectivity index is 1.87. The van der Waals surface area contributed by atoms with E-state index in [2.05, 4.69) is 9.98 Å². The molecule has 0 saturated carbocycles. The fourth-order valence-electron chi connectivity index (χ4n) is 2.60. The van der Waals surface area contributed by atoms with Crippen molar-refractivity contribution >= 4 is 40.5 Å². The van der Waals surface area contributed by atoms with Gasteiger partial charge in [-0.2, -0.15) is 0 Å². The van der Waals surface area contributed by atoms with Gasteiger partial charge in [-0.3, -0.25) is 14.6 Å². The number of hydrogen-bond acceptors (Lipinski definition) is 6. The number of aliphatic imine (C=N–C) groups is 1. The topological polar surface area (TPSA) is 75.8 Å². The Morgan fingerprint density at radius 2 is 1.92 bits per heavy atom. The van der Waals surface area contributed by atoms with Crippen molar-refractivity contribution < 1.29 is 14.0 Å². The molecule has 0 unspecified atom stereocenters. The lowest BCUT2D eigenvalue weighted by molar-refractivity contribution is 0.0949. The highest BCUT2D eigenvalue weighted by atomic mass is 35.5. The number of aromatic nitrogens is 1. The van der Waals surface area contributed by atoms with Gasteiger partial charge in [0, 0.05) is 16.6 Å². The summed E-state index contributed by atoms with van der Waals surface area (Å²) in [6.07, 6.45) is 0.136. The van der Waals surface area contributed by atoms with Gasteiger partial charge in [0.05, 0.1) is 25.1 Å². The molecule has 8 heteroatoms. The van der Waals surface area contributed by atoms with Crippen molar-refractivity contribution in [3.8, 4) is 0 Å². The van der Waals surface area contributed by atoms with Gasteiger partial charge in [-0.25, -0.2) is 4.98 Å². The maximum Gasteiger partial charge on any atom is 0.244 e. The number of oxazole rings is 1. The molecule has 6 nitrogen and oxygen atoms in total. The number of hydrogen-bond donors (Lipinski definition) is 0. The summed E-state index contributed by atoms with van der Waals surface area (Å²) >= 11 is 12.3. The SMILES string of the molecule is CN(C)CCN=C1CC(=O)c2nc(Cc3c(Cl)cccc3Cl)oc2C1=O. The fraction of sp³-hybridized carbons (Fsp3) is 0.333. The number of benzene rings is 1. The van der Waals surface area contributed by atoms with E-state index in [4.69, 9.17) is 27.6 Å². The van der Waals surface area contributed by atoms with Gasteiger partial charge >= 0.3 is 0 Å². The largest absolute Gasteiger partial charge is 0.436 e. The van der Waals surface area contributed by atoms with Crippen LogP contribution in [-0.4, -0.2) is 54.3 Å². The highest BCUT2D eigenvalue weighted by molar-refractivity contribution is 6.51. The number of ketones is 2. The van der Waals surface area contributed by atoms with Crippen molar-refractivity contribution in [2.24, 2.45) is 4.99 Å². The summed E-state index contributed by atoms with van der Waals surface area (Å²) in [6.45, 7) is 1.12. The molecule has 0 saturated heterocycles. The van der Waals surface area contributed by atoms with Crippen LogP contribution in [0.4, 0.5) is 0 Å². The molecule has 0 fully saturated rings. The minimum absolute atomic E-state index is 0.0528. The molecule has 0 N–H and O–H groups in total. The summed E-state index contributed by atoms with van der Waals surface area (Å²) in [6, 6.07) is 5.15. The third-order valence-corrected chi connectivity index (χ3v) is 4.68. The van der Waals surface area contributed by atoms with Crippen LogP contribution in [0.1, 0.15) is 38.9 Å². The zero-order chi connectivity index (χ0) is 18.8. The van der Waals surface area contributed by atoms with Crippen molar-refractivity contribution in [3.05, 3.63) is 51.2 Å². The zero-order valence-corrected chi connectivity index (χ0v) is 15.9. The number of likely N-dealkylation sites (N-methyl/N-ethyl adjacent to an activating group) is 1. The van der Waals surface area contributed by atoms with Crippen LogP contribution in [-0.2, 0) is 6.42 Å². The average Bonchev–Trinajstić information content (AvgIpc) is 3.00. The second-order valence-corrected chi connectivity index (χ2v) is 7.04. The molecule has 1 aromatic carbocycles. The Bertz CT molecular complexity index is 883. The molecular weight excluding hydrogens is 377 g/mol. The summed E-state index contributed by atoms with van der Waals surface area (Å²) in [5.74, 6) is -0.491. The molecule has 3 rings (SSSR count). The van der Waals surface area contributed by atoms with Crippen LogP contribution in [0.5, 0.6) is 0 Å². The summed E-state index contributed by atoms with van der Waals surface area (Å²) in [7, 11) is 3.82. The van der Waals surface area contributed by atoms with Gasteiger partial charge in [-0.15, -0.1) is 0 Å². The third-order valence-electron chi connectivity index (χ3n) is 3.97. The van der Waals surface area contributed by atoms with Crippen molar-refractivity contribution in [2.45, 2.75) is 12.8 Å². The maximum absolute atomic E-state index is 12.6. The first-order valence-electron chi connectivity index (χ1n) is 8.05.